The van der Waals surface area contributed by atoms with Crippen LogP contribution in [0.3, 0.4) is 0 Å². The van der Waals surface area contributed by atoms with Gasteiger partial charge in [0.25, 0.3) is 0 Å². The first kappa shape index (κ1) is 8.15. The fraction of sp³-hybridized carbons (Fsp3) is 0.750. The fourth-order valence-corrected chi connectivity index (χ4v) is 2.44. The normalized spacial score (nSPS) is 32.5. The molecule has 58 valence electrons. The van der Waals surface area contributed by atoms with E-state index in [4.69, 9.17) is 5.14 Å². The van der Waals surface area contributed by atoms with Gasteiger partial charge in [-0.15, -0.1) is 6.58 Å². The molecule has 0 amide bonds. The molecule has 0 aromatic heterocycles. The van der Waals surface area contributed by atoms with Crippen LogP contribution in [0.15, 0.2) is 12.7 Å². The van der Waals surface area contributed by atoms with Gasteiger partial charge in [0.15, 0.2) is 0 Å². The van der Waals surface area contributed by atoms with Crippen LogP contribution in [0.1, 0.15) is 25.7 Å². The van der Waals surface area contributed by atoms with Crippen LogP contribution < -0.4 is 5.14 Å². The van der Waals surface area contributed by atoms with E-state index >= 15 is 0 Å². The maximum atomic E-state index is 5.54. The third-order valence-corrected chi connectivity index (χ3v) is 3.20. The van der Waals surface area contributed by atoms with E-state index in [0.29, 0.717) is 5.25 Å². The molecule has 0 aromatic rings. The van der Waals surface area contributed by atoms with Gasteiger partial charge in [-0.1, -0.05) is 24.4 Å². The topological polar surface area (TPSA) is 26.0 Å². The summed E-state index contributed by atoms with van der Waals surface area (Å²) in [7, 11) is 0. The highest BCUT2D eigenvalue weighted by Crippen LogP contribution is 2.34. The summed E-state index contributed by atoms with van der Waals surface area (Å²) in [5.41, 5.74) is 0. The van der Waals surface area contributed by atoms with Gasteiger partial charge in [-0.3, -0.25) is 5.14 Å². The highest BCUT2D eigenvalue weighted by molar-refractivity contribution is 7.97. The predicted octanol–water partition coefficient (Wildman–Crippen LogP) is 2.34. The summed E-state index contributed by atoms with van der Waals surface area (Å²) in [5.74, 6) is 0.812. The van der Waals surface area contributed by atoms with Crippen LogP contribution in [0.5, 0.6) is 0 Å². The van der Waals surface area contributed by atoms with Crippen LogP contribution in [0.25, 0.3) is 0 Å². The van der Waals surface area contributed by atoms with Gasteiger partial charge >= 0.3 is 0 Å². The summed E-state index contributed by atoms with van der Waals surface area (Å²) in [4.78, 5) is 0. The van der Waals surface area contributed by atoms with E-state index in [9.17, 15) is 0 Å². The van der Waals surface area contributed by atoms with E-state index in [-0.39, 0.29) is 0 Å². The average Bonchev–Trinajstić information content (AvgIpc) is 2.36. The summed E-state index contributed by atoms with van der Waals surface area (Å²) >= 11 is 1.53. The van der Waals surface area contributed by atoms with Gasteiger partial charge in [-0.2, -0.15) is 0 Å². The third-order valence-electron chi connectivity index (χ3n) is 2.23. The Hall–Kier alpha value is 0.0500. The van der Waals surface area contributed by atoms with Crippen LogP contribution in [0.2, 0.25) is 0 Å². The van der Waals surface area contributed by atoms with Crippen LogP contribution in [0, 0.1) is 5.92 Å². The van der Waals surface area contributed by atoms with Crippen molar-refractivity contribution in [1.29, 1.82) is 0 Å². The van der Waals surface area contributed by atoms with Gasteiger partial charge in [0.1, 0.15) is 0 Å². The molecule has 0 saturated heterocycles. The van der Waals surface area contributed by atoms with Crippen molar-refractivity contribution in [2.24, 2.45) is 11.1 Å². The van der Waals surface area contributed by atoms with Gasteiger partial charge in [-0.25, -0.2) is 0 Å². The molecule has 1 saturated carbocycles. The van der Waals surface area contributed by atoms with E-state index in [1.165, 1.54) is 31.2 Å². The van der Waals surface area contributed by atoms with Crippen molar-refractivity contribution >= 4 is 11.9 Å². The molecule has 1 rings (SSSR count). The van der Waals surface area contributed by atoms with Crippen molar-refractivity contribution in [3.8, 4) is 0 Å². The van der Waals surface area contributed by atoms with Gasteiger partial charge in [-0.05, 0) is 25.2 Å². The Morgan fingerprint density at radius 1 is 1.60 bits per heavy atom. The average molecular weight is 157 g/mol. The second-order valence-electron chi connectivity index (χ2n) is 2.89. The lowest BCUT2D eigenvalue weighted by atomic mass is 10.0. The minimum absolute atomic E-state index is 0.706. The number of nitrogens with two attached hydrogens (primary N) is 1. The molecular formula is C8H15NS. The van der Waals surface area contributed by atoms with Crippen LogP contribution in [0.4, 0.5) is 0 Å². The van der Waals surface area contributed by atoms with Crippen molar-refractivity contribution in [2.45, 2.75) is 30.9 Å². The monoisotopic (exact) mass is 157 g/mol. The molecular weight excluding hydrogens is 142 g/mol. The maximum Gasteiger partial charge on any atom is 0.0221 e. The second kappa shape index (κ2) is 4.04. The van der Waals surface area contributed by atoms with E-state index in [0.717, 1.165) is 12.3 Å². The predicted molar refractivity (Wildman–Crippen MR) is 47.7 cm³/mol. The summed E-state index contributed by atoms with van der Waals surface area (Å²) in [6.45, 7) is 3.74. The van der Waals surface area contributed by atoms with Crippen LogP contribution >= 0.6 is 11.9 Å². The molecule has 0 heterocycles. The molecule has 1 aliphatic rings. The number of hydrogen-bond donors (Lipinski definition) is 1. The van der Waals surface area contributed by atoms with Gasteiger partial charge in [0.05, 0.1) is 0 Å². The standard InChI is InChI=1S/C8H15NS/c1-2-4-7-5-3-6-8(7)10-9/h2,7-8H,1,3-6,9H2/t7-,8-/m1/s1. The highest BCUT2D eigenvalue weighted by atomic mass is 32.2. The first-order valence-corrected chi connectivity index (χ1v) is 4.79. The zero-order valence-corrected chi connectivity index (χ0v) is 7.07. The fourth-order valence-electron chi connectivity index (χ4n) is 1.67. The third kappa shape index (κ3) is 1.77. The molecule has 2 N–H and O–H groups in total. The largest absolute Gasteiger partial charge is 0.278 e. The number of hydrogen-bond acceptors (Lipinski definition) is 2. The van der Waals surface area contributed by atoms with Gasteiger partial charge in [0.2, 0.25) is 0 Å². The Bertz CT molecular complexity index is 114. The molecule has 1 fully saturated rings. The van der Waals surface area contributed by atoms with E-state index in [2.05, 4.69) is 6.58 Å². The summed E-state index contributed by atoms with van der Waals surface area (Å²) in [6.07, 6.45) is 7.17. The summed E-state index contributed by atoms with van der Waals surface area (Å²) in [6, 6.07) is 0. The molecule has 1 nitrogen and oxygen atoms in total. The lowest BCUT2D eigenvalue weighted by Gasteiger charge is -2.13. The Morgan fingerprint density at radius 3 is 3.00 bits per heavy atom. The molecule has 2 heteroatoms. The molecule has 0 radical (unpaired) electrons. The van der Waals surface area contributed by atoms with E-state index in [1.54, 1.807) is 0 Å². The second-order valence-corrected chi connectivity index (χ2v) is 3.77. The molecule has 0 spiro atoms. The van der Waals surface area contributed by atoms with Gasteiger partial charge < -0.3 is 0 Å². The van der Waals surface area contributed by atoms with E-state index < -0.39 is 0 Å². The lowest BCUT2D eigenvalue weighted by molar-refractivity contribution is 0.570. The van der Waals surface area contributed by atoms with Gasteiger partial charge in [0, 0.05) is 5.25 Å². The molecule has 1 aliphatic carbocycles. The molecule has 10 heavy (non-hydrogen) atoms. The number of allylic oxidation sites excluding steroid dienone is 1. The molecule has 2 atom stereocenters. The quantitative estimate of drug-likeness (QED) is 0.502. The highest BCUT2D eigenvalue weighted by Gasteiger charge is 2.25. The van der Waals surface area contributed by atoms with Crippen molar-refractivity contribution in [3.05, 3.63) is 12.7 Å². The minimum Gasteiger partial charge on any atom is -0.278 e. The summed E-state index contributed by atoms with van der Waals surface area (Å²) in [5, 5.41) is 6.24. The zero-order valence-electron chi connectivity index (χ0n) is 6.25. The Labute approximate surface area is 67.2 Å². The summed E-state index contributed by atoms with van der Waals surface area (Å²) < 4.78 is 0. The van der Waals surface area contributed by atoms with Crippen LogP contribution in [-0.2, 0) is 0 Å². The van der Waals surface area contributed by atoms with Crippen molar-refractivity contribution in [2.75, 3.05) is 0 Å². The smallest absolute Gasteiger partial charge is 0.0221 e. The first-order valence-electron chi connectivity index (χ1n) is 3.85. The maximum absolute atomic E-state index is 5.54. The molecule has 0 aliphatic heterocycles. The van der Waals surface area contributed by atoms with Crippen molar-refractivity contribution in [1.82, 2.24) is 0 Å². The molecule has 0 bridgehead atoms. The van der Waals surface area contributed by atoms with Crippen molar-refractivity contribution < 1.29 is 0 Å². The Kier molecular flexibility index (Phi) is 3.29. The minimum atomic E-state index is 0.706. The Balaban J connectivity index is 2.34. The first-order chi connectivity index (χ1) is 4.88. The van der Waals surface area contributed by atoms with E-state index in [1.807, 2.05) is 6.08 Å². The zero-order chi connectivity index (χ0) is 7.40. The lowest BCUT2D eigenvalue weighted by Crippen LogP contribution is -2.11. The molecule has 0 aromatic carbocycles. The number of rotatable bonds is 3. The molecule has 0 unspecified atom stereocenters. The SMILES string of the molecule is C=CC[C@@H]1CCC[C@H]1SN. The van der Waals surface area contributed by atoms with Crippen molar-refractivity contribution in [3.63, 3.8) is 0 Å². The Morgan fingerprint density at radius 2 is 2.40 bits per heavy atom. The van der Waals surface area contributed by atoms with Crippen LogP contribution in [-0.4, -0.2) is 5.25 Å².